The van der Waals surface area contributed by atoms with E-state index in [-0.39, 0.29) is 5.57 Å². The van der Waals surface area contributed by atoms with E-state index in [0.29, 0.717) is 5.56 Å². The zero-order chi connectivity index (χ0) is 18.1. The average Bonchev–Trinajstić information content (AvgIpc) is 2.72. The van der Waals surface area contributed by atoms with Gasteiger partial charge < -0.3 is 14.4 Å². The van der Waals surface area contributed by atoms with Crippen LogP contribution in [-0.4, -0.2) is 18.0 Å². The van der Waals surface area contributed by atoms with E-state index in [4.69, 9.17) is 9.47 Å². The zero-order valence-electron chi connectivity index (χ0n) is 14.1. The van der Waals surface area contributed by atoms with Gasteiger partial charge in [0, 0.05) is 23.5 Å². The van der Waals surface area contributed by atoms with Crippen molar-refractivity contribution in [2.45, 2.75) is 11.8 Å². The highest BCUT2D eigenvalue weighted by Crippen LogP contribution is 2.46. The third-order valence-electron chi connectivity index (χ3n) is 4.65. The van der Waals surface area contributed by atoms with Gasteiger partial charge in [0.05, 0.1) is 7.11 Å². The second kappa shape index (κ2) is 6.17. The summed E-state index contributed by atoms with van der Waals surface area (Å²) >= 11 is 0. The van der Waals surface area contributed by atoms with Crippen LogP contribution in [0.15, 0.2) is 72.6 Å². The van der Waals surface area contributed by atoms with E-state index >= 15 is 0 Å². The predicted octanol–water partition coefficient (Wildman–Crippen LogP) is 3.48. The molecular formula is C21H16N2O3. The van der Waals surface area contributed by atoms with Gasteiger partial charge >= 0.3 is 5.97 Å². The van der Waals surface area contributed by atoms with Gasteiger partial charge in [-0.3, -0.25) is 0 Å². The number of rotatable bonds is 2. The van der Waals surface area contributed by atoms with Crippen molar-refractivity contribution < 1.29 is 14.3 Å². The maximum atomic E-state index is 12.5. The standard InChI is InChI=1S/C21H16N2O3/c1-25-20(24)18-13-23-12-11-15-7-5-6-10-17(15)19(23)26-21(18,14-22)16-8-3-2-4-9-16/h2-13,19H,1H3. The monoisotopic (exact) mass is 344 g/mol. The minimum Gasteiger partial charge on any atom is -0.465 e. The first-order valence-corrected chi connectivity index (χ1v) is 8.19. The summed E-state index contributed by atoms with van der Waals surface area (Å²) in [6, 6.07) is 19.1. The van der Waals surface area contributed by atoms with Crippen LogP contribution in [0.4, 0.5) is 0 Å². The van der Waals surface area contributed by atoms with E-state index in [9.17, 15) is 10.1 Å². The van der Waals surface area contributed by atoms with Gasteiger partial charge in [0.15, 0.2) is 6.23 Å². The fraction of sp³-hybridized carbons (Fsp3) is 0.143. The lowest BCUT2D eigenvalue weighted by Gasteiger charge is -2.43. The van der Waals surface area contributed by atoms with Gasteiger partial charge in [-0.15, -0.1) is 0 Å². The van der Waals surface area contributed by atoms with Crippen molar-refractivity contribution >= 4 is 12.0 Å². The second-order valence-corrected chi connectivity index (χ2v) is 6.06. The van der Waals surface area contributed by atoms with Crippen LogP contribution >= 0.6 is 0 Å². The highest BCUT2D eigenvalue weighted by molar-refractivity contribution is 5.92. The van der Waals surface area contributed by atoms with E-state index < -0.39 is 17.8 Å². The highest BCUT2D eigenvalue weighted by atomic mass is 16.5. The molecule has 5 nitrogen and oxygen atoms in total. The van der Waals surface area contributed by atoms with Crippen molar-refractivity contribution in [2.24, 2.45) is 0 Å². The Hall–Kier alpha value is -3.36. The van der Waals surface area contributed by atoms with Crippen LogP contribution in [0.25, 0.3) is 6.08 Å². The molecular weight excluding hydrogens is 328 g/mol. The van der Waals surface area contributed by atoms with Gasteiger partial charge in [-0.05, 0) is 11.6 Å². The Kier molecular flexibility index (Phi) is 3.83. The Balaban J connectivity index is 1.93. The predicted molar refractivity (Wildman–Crippen MR) is 95.0 cm³/mol. The molecule has 0 saturated heterocycles. The van der Waals surface area contributed by atoms with Crippen molar-refractivity contribution in [3.05, 3.63) is 89.3 Å². The number of hydrogen-bond acceptors (Lipinski definition) is 5. The lowest BCUT2D eigenvalue weighted by Crippen LogP contribution is -2.44. The summed E-state index contributed by atoms with van der Waals surface area (Å²) < 4.78 is 11.2. The Morgan fingerprint density at radius 3 is 2.65 bits per heavy atom. The number of hydrogen-bond donors (Lipinski definition) is 0. The molecule has 2 aromatic carbocycles. The smallest absolute Gasteiger partial charge is 0.339 e. The Bertz CT molecular complexity index is 959. The molecule has 2 aliphatic heterocycles. The minimum atomic E-state index is -1.55. The summed E-state index contributed by atoms with van der Waals surface area (Å²) in [4.78, 5) is 14.2. The molecule has 128 valence electrons. The molecule has 0 spiro atoms. The SMILES string of the molecule is COC(=O)C1=CN2C=Cc3ccccc3C2OC1(C#N)c1ccccc1. The van der Waals surface area contributed by atoms with Gasteiger partial charge in [-0.25, -0.2) is 4.79 Å². The number of carbonyl (C=O) groups is 1. The summed E-state index contributed by atoms with van der Waals surface area (Å²) in [6.07, 6.45) is 4.91. The maximum absolute atomic E-state index is 12.5. The van der Waals surface area contributed by atoms with Crippen LogP contribution < -0.4 is 0 Å². The number of methoxy groups -OCH3 is 1. The quantitative estimate of drug-likeness (QED) is 0.781. The molecule has 5 heteroatoms. The molecule has 0 amide bonds. The van der Waals surface area contributed by atoms with E-state index in [0.717, 1.165) is 11.1 Å². The van der Waals surface area contributed by atoms with Crippen molar-refractivity contribution in [1.29, 1.82) is 5.26 Å². The van der Waals surface area contributed by atoms with E-state index in [1.165, 1.54) is 7.11 Å². The van der Waals surface area contributed by atoms with Crippen LogP contribution in [0, 0.1) is 11.3 Å². The number of ether oxygens (including phenoxy) is 2. The molecule has 0 radical (unpaired) electrons. The fourth-order valence-electron chi connectivity index (χ4n) is 3.35. The fourth-order valence-corrected chi connectivity index (χ4v) is 3.35. The van der Waals surface area contributed by atoms with Gasteiger partial charge in [0.2, 0.25) is 5.60 Å². The minimum absolute atomic E-state index is 0.147. The average molecular weight is 344 g/mol. The molecule has 2 heterocycles. The van der Waals surface area contributed by atoms with Gasteiger partial charge in [-0.2, -0.15) is 5.26 Å². The van der Waals surface area contributed by atoms with E-state index in [2.05, 4.69) is 6.07 Å². The van der Waals surface area contributed by atoms with Crippen molar-refractivity contribution in [2.75, 3.05) is 7.11 Å². The molecule has 4 rings (SSSR count). The van der Waals surface area contributed by atoms with Crippen LogP contribution in [0.1, 0.15) is 22.9 Å². The lowest BCUT2D eigenvalue weighted by molar-refractivity contribution is -0.148. The molecule has 0 saturated carbocycles. The molecule has 0 bridgehead atoms. The summed E-state index contributed by atoms with van der Waals surface area (Å²) in [7, 11) is 1.30. The van der Waals surface area contributed by atoms with E-state index in [1.807, 2.05) is 54.7 Å². The first kappa shape index (κ1) is 16.1. The van der Waals surface area contributed by atoms with Crippen LogP contribution in [0.3, 0.4) is 0 Å². The molecule has 2 unspecified atom stereocenters. The molecule has 26 heavy (non-hydrogen) atoms. The van der Waals surface area contributed by atoms with Gasteiger partial charge in [-0.1, -0.05) is 54.6 Å². The van der Waals surface area contributed by atoms with Crippen LogP contribution in [0.5, 0.6) is 0 Å². The van der Waals surface area contributed by atoms with Crippen molar-refractivity contribution in [1.82, 2.24) is 4.90 Å². The normalized spacial score (nSPS) is 23.3. The summed E-state index contributed by atoms with van der Waals surface area (Å²) in [6.45, 7) is 0. The molecule has 0 fully saturated rings. The number of fused-ring (bicyclic) bond motifs is 3. The van der Waals surface area contributed by atoms with Gasteiger partial charge in [0.1, 0.15) is 11.6 Å². The molecule has 2 atom stereocenters. The maximum Gasteiger partial charge on any atom is 0.339 e. The molecule has 2 aromatic rings. The van der Waals surface area contributed by atoms with Crippen LogP contribution in [0.2, 0.25) is 0 Å². The lowest BCUT2D eigenvalue weighted by atomic mass is 9.85. The number of esters is 1. The number of nitrogens with zero attached hydrogens (tertiary/aromatic N) is 2. The molecule has 0 aliphatic carbocycles. The van der Waals surface area contributed by atoms with E-state index in [1.54, 1.807) is 23.2 Å². The summed E-state index contributed by atoms with van der Waals surface area (Å²) in [5.74, 6) is -0.596. The largest absolute Gasteiger partial charge is 0.465 e. The third kappa shape index (κ3) is 2.32. The third-order valence-corrected chi connectivity index (χ3v) is 4.65. The Morgan fingerprint density at radius 1 is 1.19 bits per heavy atom. The molecule has 2 aliphatic rings. The first-order chi connectivity index (χ1) is 12.7. The van der Waals surface area contributed by atoms with Crippen molar-refractivity contribution in [3.63, 3.8) is 0 Å². The summed E-state index contributed by atoms with van der Waals surface area (Å²) in [5, 5.41) is 10.1. The number of carbonyl (C=O) groups excluding carboxylic acids is 1. The number of benzene rings is 2. The molecule has 0 aromatic heterocycles. The Morgan fingerprint density at radius 2 is 1.92 bits per heavy atom. The summed E-state index contributed by atoms with van der Waals surface area (Å²) in [5.41, 5.74) is 1.14. The second-order valence-electron chi connectivity index (χ2n) is 6.06. The topological polar surface area (TPSA) is 62.6 Å². The van der Waals surface area contributed by atoms with Gasteiger partial charge in [0.25, 0.3) is 0 Å². The molecule has 0 N–H and O–H groups in total. The number of nitriles is 1. The van der Waals surface area contributed by atoms with Crippen molar-refractivity contribution in [3.8, 4) is 6.07 Å². The van der Waals surface area contributed by atoms with Crippen LogP contribution in [-0.2, 0) is 19.9 Å². The Labute approximate surface area is 151 Å². The first-order valence-electron chi connectivity index (χ1n) is 8.19. The highest BCUT2D eigenvalue weighted by Gasteiger charge is 2.49. The zero-order valence-corrected chi connectivity index (χ0v) is 14.1.